The van der Waals surface area contributed by atoms with Crippen LogP contribution in [0.4, 0.5) is 0 Å². The number of thiocarbonyl (C=S) groups is 1. The molecule has 0 aromatic carbocycles. The molecule has 4 heteroatoms. The molecule has 5 atom stereocenters. The number of ether oxygens (including phenoxy) is 1. The van der Waals surface area contributed by atoms with E-state index in [2.05, 4.69) is 12.6 Å². The van der Waals surface area contributed by atoms with Crippen molar-refractivity contribution in [2.24, 2.45) is 23.5 Å². The molecular formula is C11H17NOS2. The molecule has 3 aliphatic rings. The third-order valence-corrected chi connectivity index (χ3v) is 5.04. The lowest BCUT2D eigenvalue weighted by molar-refractivity contribution is 0.0594. The Morgan fingerprint density at radius 2 is 2.27 bits per heavy atom. The van der Waals surface area contributed by atoms with Crippen LogP contribution >= 0.6 is 24.8 Å². The molecule has 3 rings (SSSR count). The van der Waals surface area contributed by atoms with E-state index in [0.29, 0.717) is 10.3 Å². The van der Waals surface area contributed by atoms with Crippen LogP contribution < -0.4 is 5.73 Å². The number of rotatable bonds is 1. The molecule has 2 bridgehead atoms. The lowest BCUT2D eigenvalue weighted by Gasteiger charge is -2.38. The van der Waals surface area contributed by atoms with Gasteiger partial charge >= 0.3 is 0 Å². The van der Waals surface area contributed by atoms with E-state index < -0.39 is 0 Å². The molecule has 3 saturated carbocycles. The van der Waals surface area contributed by atoms with E-state index in [0.717, 1.165) is 24.7 Å². The molecule has 3 fully saturated rings. The molecule has 0 spiro atoms. The highest BCUT2D eigenvalue weighted by atomic mass is 32.1. The van der Waals surface area contributed by atoms with E-state index in [1.165, 1.54) is 19.3 Å². The summed E-state index contributed by atoms with van der Waals surface area (Å²) >= 11 is 8.96. The van der Waals surface area contributed by atoms with Crippen molar-refractivity contribution in [1.82, 2.24) is 0 Å². The van der Waals surface area contributed by atoms with Crippen molar-refractivity contribution < 1.29 is 4.74 Å². The highest BCUT2D eigenvalue weighted by molar-refractivity contribution is 8.10. The first-order valence-corrected chi connectivity index (χ1v) is 6.65. The molecule has 2 unspecified atom stereocenters. The van der Waals surface area contributed by atoms with E-state index in [9.17, 15) is 0 Å². The lowest BCUT2D eigenvalue weighted by atomic mass is 9.76. The second kappa shape index (κ2) is 3.34. The van der Waals surface area contributed by atoms with Gasteiger partial charge in [-0.15, -0.1) is 0 Å². The van der Waals surface area contributed by atoms with Crippen LogP contribution in [0.2, 0.25) is 0 Å². The zero-order valence-corrected chi connectivity index (χ0v) is 10.4. The van der Waals surface area contributed by atoms with E-state index >= 15 is 0 Å². The van der Waals surface area contributed by atoms with Crippen molar-refractivity contribution in [1.29, 1.82) is 0 Å². The third-order valence-electron chi connectivity index (χ3n) is 4.84. The van der Waals surface area contributed by atoms with Gasteiger partial charge < -0.3 is 10.5 Å². The number of hydrogen-bond acceptors (Lipinski definition) is 3. The number of nitrogens with two attached hydrogens (primary N) is 1. The Bertz CT molecular complexity index is 309. The average molecular weight is 243 g/mol. The van der Waals surface area contributed by atoms with Gasteiger partial charge in [0.2, 0.25) is 4.38 Å². The summed E-state index contributed by atoms with van der Waals surface area (Å²) in [5, 5.41) is 0. The van der Waals surface area contributed by atoms with Crippen molar-refractivity contribution in [3.63, 3.8) is 0 Å². The maximum atomic E-state index is 6.56. The van der Waals surface area contributed by atoms with Crippen molar-refractivity contribution in [3.8, 4) is 0 Å². The standard InChI is InChI=1S/C11H17NOS2/c12-11-5-6(4-9(11)13-10(14)15)7-2-1-3-8(7)11/h6-9H,1-5,12H2,(H,14,15)/t6-,7?,8?,9-,11-/m1/s1. The molecule has 0 amide bonds. The van der Waals surface area contributed by atoms with Gasteiger partial charge in [-0.2, -0.15) is 0 Å². The van der Waals surface area contributed by atoms with Gasteiger partial charge in [-0.3, -0.25) is 0 Å². The lowest BCUT2D eigenvalue weighted by Crippen LogP contribution is -2.54. The van der Waals surface area contributed by atoms with Gasteiger partial charge in [0.1, 0.15) is 6.10 Å². The third kappa shape index (κ3) is 1.38. The fourth-order valence-electron chi connectivity index (χ4n) is 4.38. The summed E-state index contributed by atoms with van der Waals surface area (Å²) in [6, 6.07) is 0. The fraction of sp³-hybridized carbons (Fsp3) is 0.909. The Labute approximate surface area is 101 Å². The summed E-state index contributed by atoms with van der Waals surface area (Å²) in [5.41, 5.74) is 6.46. The summed E-state index contributed by atoms with van der Waals surface area (Å²) in [6.45, 7) is 0. The maximum Gasteiger partial charge on any atom is 0.217 e. The quantitative estimate of drug-likeness (QED) is 0.547. The Morgan fingerprint density at radius 3 is 3.00 bits per heavy atom. The normalized spacial score (nSPS) is 51.9. The van der Waals surface area contributed by atoms with Crippen molar-refractivity contribution in [2.45, 2.75) is 43.7 Å². The van der Waals surface area contributed by atoms with Gasteiger partial charge in [-0.1, -0.05) is 19.0 Å². The first-order valence-electron chi connectivity index (χ1n) is 5.80. The Hall–Kier alpha value is 0.200. The predicted octanol–water partition coefficient (Wildman–Crippen LogP) is 2.12. The molecular weight excluding hydrogens is 226 g/mol. The minimum Gasteiger partial charge on any atom is -0.473 e. The van der Waals surface area contributed by atoms with Gasteiger partial charge in [0.15, 0.2) is 0 Å². The zero-order chi connectivity index (χ0) is 10.6. The summed E-state index contributed by atoms with van der Waals surface area (Å²) in [7, 11) is 0. The van der Waals surface area contributed by atoms with Crippen LogP contribution in [-0.4, -0.2) is 16.0 Å². The minimum atomic E-state index is -0.0986. The molecule has 2 N–H and O–H groups in total. The van der Waals surface area contributed by atoms with Gasteiger partial charge in [-0.25, -0.2) is 0 Å². The van der Waals surface area contributed by atoms with E-state index in [4.69, 9.17) is 22.7 Å². The van der Waals surface area contributed by atoms with Crippen LogP contribution in [0, 0.1) is 17.8 Å². The van der Waals surface area contributed by atoms with Crippen LogP contribution in [0.3, 0.4) is 0 Å². The van der Waals surface area contributed by atoms with Crippen LogP contribution in [0.5, 0.6) is 0 Å². The second-order valence-electron chi connectivity index (χ2n) is 5.39. The molecule has 2 nitrogen and oxygen atoms in total. The van der Waals surface area contributed by atoms with Gasteiger partial charge in [0.05, 0.1) is 5.54 Å². The number of hydrogen-bond donors (Lipinski definition) is 2. The maximum absolute atomic E-state index is 6.56. The van der Waals surface area contributed by atoms with Crippen molar-refractivity contribution in [2.75, 3.05) is 0 Å². The topological polar surface area (TPSA) is 35.2 Å². The Balaban J connectivity index is 1.84. The number of fused-ring (bicyclic) bond motifs is 5. The summed E-state index contributed by atoms with van der Waals surface area (Å²) in [5.74, 6) is 2.35. The highest BCUT2D eigenvalue weighted by Crippen LogP contribution is 2.60. The number of thiol groups is 1. The van der Waals surface area contributed by atoms with E-state index in [1.54, 1.807) is 0 Å². The molecule has 84 valence electrons. The highest BCUT2D eigenvalue weighted by Gasteiger charge is 2.62. The predicted molar refractivity (Wildman–Crippen MR) is 66.9 cm³/mol. The van der Waals surface area contributed by atoms with Crippen molar-refractivity contribution in [3.05, 3.63) is 0 Å². The average Bonchev–Trinajstić information content (AvgIpc) is 2.74. The Morgan fingerprint density at radius 1 is 1.47 bits per heavy atom. The molecule has 0 aliphatic heterocycles. The molecule has 0 aromatic heterocycles. The van der Waals surface area contributed by atoms with Gasteiger partial charge in [-0.05, 0) is 55.7 Å². The van der Waals surface area contributed by atoms with Crippen LogP contribution in [-0.2, 0) is 4.74 Å². The summed E-state index contributed by atoms with van der Waals surface area (Å²) in [4.78, 5) is 0. The van der Waals surface area contributed by atoms with Crippen LogP contribution in [0.1, 0.15) is 32.1 Å². The molecule has 0 saturated heterocycles. The molecule has 0 heterocycles. The summed E-state index contributed by atoms with van der Waals surface area (Å²) < 4.78 is 5.98. The zero-order valence-electron chi connectivity index (χ0n) is 8.69. The van der Waals surface area contributed by atoms with E-state index in [1.807, 2.05) is 0 Å². The fourth-order valence-corrected chi connectivity index (χ4v) is 4.62. The minimum absolute atomic E-state index is 0.0986. The first kappa shape index (κ1) is 10.4. The van der Waals surface area contributed by atoms with Crippen LogP contribution in [0.15, 0.2) is 0 Å². The molecule has 0 radical (unpaired) electrons. The SMILES string of the molecule is N[C@@]12C[C@@H](C[C@H]1OC(=S)S)C1CCCC12. The first-order chi connectivity index (χ1) is 7.11. The smallest absolute Gasteiger partial charge is 0.217 e. The second-order valence-corrected chi connectivity index (χ2v) is 6.47. The van der Waals surface area contributed by atoms with Crippen molar-refractivity contribution >= 4 is 29.2 Å². The largest absolute Gasteiger partial charge is 0.473 e. The molecule has 15 heavy (non-hydrogen) atoms. The van der Waals surface area contributed by atoms with E-state index in [-0.39, 0.29) is 11.6 Å². The van der Waals surface area contributed by atoms with Gasteiger partial charge in [0.25, 0.3) is 0 Å². The molecule has 0 aromatic rings. The monoisotopic (exact) mass is 243 g/mol. The van der Waals surface area contributed by atoms with Gasteiger partial charge in [0, 0.05) is 0 Å². The summed E-state index contributed by atoms with van der Waals surface area (Å²) in [6.07, 6.45) is 6.39. The molecule has 3 aliphatic carbocycles. The van der Waals surface area contributed by atoms with Crippen LogP contribution in [0.25, 0.3) is 0 Å². The Kier molecular flexibility index (Phi) is 2.31.